The Hall–Kier alpha value is -17.8. The van der Waals surface area contributed by atoms with Crippen molar-refractivity contribution in [2.24, 2.45) is 0 Å². The Labute approximate surface area is 846 Å². The minimum Gasteiger partial charge on any atom is -0.494 e. The van der Waals surface area contributed by atoms with Gasteiger partial charge in [-0.15, -0.1) is 0 Å². The number of aryl methyl sites for hydroxylation is 7. The van der Waals surface area contributed by atoms with E-state index in [1.165, 1.54) is 12.4 Å². The lowest BCUT2D eigenvalue weighted by molar-refractivity contribution is 0.111. The third-order valence-electron chi connectivity index (χ3n) is 22.3. The van der Waals surface area contributed by atoms with Crippen molar-refractivity contribution in [1.82, 2.24) is 118 Å². The summed E-state index contributed by atoms with van der Waals surface area (Å²) in [5, 5.41) is 26.2. The first-order chi connectivity index (χ1) is 71.0. The summed E-state index contributed by atoms with van der Waals surface area (Å²) < 4.78 is 52.3. The molecule has 18 heterocycles. The fourth-order valence-corrected chi connectivity index (χ4v) is 15.4. The highest BCUT2D eigenvalue weighted by Crippen LogP contribution is 2.35. The maximum Gasteiger partial charge on any atom is 0.155 e. The summed E-state index contributed by atoms with van der Waals surface area (Å²) in [6.45, 7) is 39.5. The Balaban J connectivity index is 0.000000146. The van der Waals surface area contributed by atoms with Crippen LogP contribution in [0.25, 0.3) is 92.6 Å². The van der Waals surface area contributed by atoms with Gasteiger partial charge in [-0.25, -0.2) is 4.98 Å². The summed E-state index contributed by atoms with van der Waals surface area (Å²) in [6.07, 6.45) is 43.4. The number of ether oxygens (including phenoxy) is 7. The Morgan fingerprint density at radius 1 is 0.324 bits per heavy atom. The molecule has 0 radical (unpaired) electrons. The third-order valence-corrected chi connectivity index (χ3v) is 22.6. The molecule has 0 aromatic carbocycles. The van der Waals surface area contributed by atoms with E-state index in [9.17, 15) is 9.59 Å². The first-order valence-electron chi connectivity index (χ1n) is 47.0. The van der Waals surface area contributed by atoms with E-state index in [1.54, 1.807) is 143 Å². The van der Waals surface area contributed by atoms with Crippen LogP contribution in [0.1, 0.15) is 149 Å². The molecule has 738 valence electrons. The molecule has 18 rings (SSSR count). The predicted octanol–water partition coefficient (Wildman–Crippen LogP) is 22.1. The zero-order valence-electron chi connectivity index (χ0n) is 82.5. The maximum atomic E-state index is 11.3. The number of rotatable bonds is 38. The zero-order valence-corrected chi connectivity index (χ0v) is 83.3. The molecule has 0 aliphatic rings. The summed E-state index contributed by atoms with van der Waals surface area (Å²) in [5.41, 5.74) is 22.2. The number of carbonyl (C=O) groups is 2. The van der Waals surface area contributed by atoms with Crippen LogP contribution in [0.4, 0.5) is 0 Å². The number of aromatic nitrogens is 24. The molecule has 33 nitrogen and oxygen atoms in total. The van der Waals surface area contributed by atoms with Crippen LogP contribution in [0.3, 0.4) is 0 Å². The standard InChI is InChI=1S/C19H20N4O2.2C19H20N4O.C18H17ClN4O2.C18H18N4O2.C18H18N4O/c1-4-15-17(24-3)11-20-12-18(15)25-13-14-7-6-9-21-19(14)16-8-10-22-23(16)5-2;1-4-16-18(9-8-14(3)22-16)24-13-15-7-6-11-20-19(15)17-10-12-21-23(17)5-2;1-3-13-23-17(9-12-22-23)19-15(7-5-11-21-19)14-24-18-8-6-10-20-16(18)4-2;1-12(2)23-16(5-7-22-23)18-13(4-3-6-21-18)11-25-17-9-20-8-15(19)14(17)10-24;1-3-22-16(6-8-21-22)18-14(5-4-7-20-18)12-24-17-10-19-9-13(2)15(17)11-23;1-3-15-17(8-6-10-19-15)23-13-14-7-5-11-20-18(14)16-9-12-21-22(16)4-2/h4,6-12H,1,5,13H2,2-3H3;4,6-12H,1,5,13H2,2-3H3;4-12H,2-3,13-14H2,1H3;3-10,12H,11H2,1-2H3;4-11H,3,12H2,1-2H3;3,5-12H,1,4,13H2,2H3. The van der Waals surface area contributed by atoms with Crippen molar-refractivity contribution >= 4 is 48.5 Å². The molecule has 0 saturated carbocycles. The molecule has 0 saturated heterocycles. The molecular formula is C111H113ClN24O9. The van der Waals surface area contributed by atoms with Crippen molar-refractivity contribution in [2.75, 3.05) is 7.11 Å². The number of hydrogen-bond acceptors (Lipinski definition) is 27. The Morgan fingerprint density at radius 3 is 0.993 bits per heavy atom. The van der Waals surface area contributed by atoms with Crippen LogP contribution in [-0.2, 0) is 72.4 Å². The normalized spacial score (nSPS) is 10.6. The highest BCUT2D eigenvalue weighted by atomic mass is 35.5. The van der Waals surface area contributed by atoms with Crippen LogP contribution < -0.4 is 33.2 Å². The number of nitrogens with zero attached hydrogens (tertiary/aromatic N) is 24. The lowest BCUT2D eigenvalue weighted by atomic mass is 10.1. The fraction of sp³-hybridized carbons (Fsp3) is 0.207. The first-order valence-corrected chi connectivity index (χ1v) is 47.3. The van der Waals surface area contributed by atoms with E-state index in [1.807, 2.05) is 201 Å². The van der Waals surface area contributed by atoms with E-state index < -0.39 is 0 Å². The van der Waals surface area contributed by atoms with Gasteiger partial charge in [0.15, 0.2) is 12.6 Å². The molecule has 0 bridgehead atoms. The monoisotopic (exact) mass is 1960 g/mol. The number of halogens is 1. The van der Waals surface area contributed by atoms with E-state index in [4.69, 9.17) is 44.8 Å². The average Bonchev–Trinajstić information content (AvgIpc) is 1.51. The number of hydrogen-bond donors (Lipinski definition) is 0. The van der Waals surface area contributed by atoms with Crippen molar-refractivity contribution in [2.45, 2.75) is 147 Å². The van der Waals surface area contributed by atoms with E-state index in [0.717, 1.165) is 187 Å². The van der Waals surface area contributed by atoms with Gasteiger partial charge in [0, 0.05) is 177 Å². The van der Waals surface area contributed by atoms with Gasteiger partial charge < -0.3 is 33.2 Å². The van der Waals surface area contributed by atoms with Gasteiger partial charge in [0.1, 0.15) is 97.0 Å². The topological polar surface area (TPSA) is 360 Å². The molecule has 0 unspecified atom stereocenters. The summed E-state index contributed by atoms with van der Waals surface area (Å²) in [5.74, 6) is 4.20. The second-order valence-electron chi connectivity index (χ2n) is 31.9. The number of carbonyl (C=O) groups excluding carboxylic acids is 2. The van der Waals surface area contributed by atoms with E-state index in [0.29, 0.717) is 79.4 Å². The number of methoxy groups -OCH3 is 1. The molecule has 18 aromatic rings. The lowest BCUT2D eigenvalue weighted by Crippen LogP contribution is -2.08. The van der Waals surface area contributed by atoms with E-state index in [2.05, 4.69) is 151 Å². The van der Waals surface area contributed by atoms with Gasteiger partial charge in [-0.1, -0.05) is 87.3 Å². The van der Waals surface area contributed by atoms with Crippen LogP contribution in [0.5, 0.6) is 40.2 Å². The molecule has 18 aromatic heterocycles. The zero-order chi connectivity index (χ0) is 102. The SMILES string of the molecule is C=Cc1c(OC)cncc1OCc1cccnc1-c1ccnn1CC.C=Cc1nc(C)ccc1OCc1cccnc1-c1ccnn1CC.C=Cc1ncccc1OCc1cccnc1-c1ccnn1CC.C=Cc1ncccc1OCc1cccnc1-c1ccnn1CCC.CC(C)n1nccc1-c1ncccc1COc1cncc(Cl)c1C=O.CCn1nccc1-c1ncccc1COc1cncc(C)c1C=O. The number of pyridine rings is 12. The van der Waals surface area contributed by atoms with Crippen molar-refractivity contribution < 1.29 is 42.7 Å². The van der Waals surface area contributed by atoms with Gasteiger partial charge in [-0.2, -0.15) is 30.6 Å². The summed E-state index contributed by atoms with van der Waals surface area (Å²) in [7, 11) is 1.60. The van der Waals surface area contributed by atoms with E-state index >= 15 is 0 Å². The predicted molar refractivity (Wildman–Crippen MR) is 560 cm³/mol. The molecule has 0 N–H and O–H groups in total. The summed E-state index contributed by atoms with van der Waals surface area (Å²) in [4.78, 5) is 74.7. The van der Waals surface area contributed by atoms with Gasteiger partial charge in [0.05, 0.1) is 122 Å². The number of aldehydes is 2. The average molecular weight is 1960 g/mol. The van der Waals surface area contributed by atoms with Crippen LogP contribution in [0, 0.1) is 13.8 Å². The van der Waals surface area contributed by atoms with Crippen molar-refractivity contribution in [3.8, 4) is 109 Å². The molecule has 0 amide bonds. The minimum atomic E-state index is 0.208. The van der Waals surface area contributed by atoms with Crippen molar-refractivity contribution in [1.29, 1.82) is 0 Å². The van der Waals surface area contributed by atoms with Crippen molar-refractivity contribution in [3.63, 3.8) is 0 Å². The molecular weight excluding hydrogens is 1850 g/mol. The minimum absolute atomic E-state index is 0.208. The summed E-state index contributed by atoms with van der Waals surface area (Å²) >= 11 is 5.98. The molecule has 0 fully saturated rings. The largest absolute Gasteiger partial charge is 0.494 e. The van der Waals surface area contributed by atoms with E-state index in [-0.39, 0.29) is 23.2 Å². The van der Waals surface area contributed by atoms with Crippen LogP contribution in [0.15, 0.2) is 296 Å². The second kappa shape index (κ2) is 53.6. The molecule has 0 atom stereocenters. The maximum absolute atomic E-state index is 11.3. The van der Waals surface area contributed by atoms with Crippen LogP contribution >= 0.6 is 11.6 Å². The smallest absolute Gasteiger partial charge is 0.155 e. The van der Waals surface area contributed by atoms with Crippen molar-refractivity contribution in [3.05, 3.63) is 379 Å². The van der Waals surface area contributed by atoms with Gasteiger partial charge in [-0.05, 0) is 195 Å². The van der Waals surface area contributed by atoms with Gasteiger partial charge >= 0.3 is 0 Å². The first kappa shape index (κ1) is 105. The Bertz CT molecular complexity index is 7320. The Morgan fingerprint density at radius 2 is 0.634 bits per heavy atom. The highest BCUT2D eigenvalue weighted by molar-refractivity contribution is 6.33. The molecule has 34 heteroatoms. The highest BCUT2D eigenvalue weighted by Gasteiger charge is 2.22. The fourth-order valence-electron chi connectivity index (χ4n) is 15.2. The Kier molecular flexibility index (Phi) is 38.7. The quantitative estimate of drug-likeness (QED) is 0.0324. The lowest BCUT2D eigenvalue weighted by Gasteiger charge is -2.14. The second-order valence-corrected chi connectivity index (χ2v) is 32.3. The molecule has 0 aliphatic carbocycles. The molecule has 0 spiro atoms. The molecule has 0 aliphatic heterocycles. The van der Waals surface area contributed by atoms with Gasteiger partial charge in [-0.3, -0.25) is 92.5 Å². The van der Waals surface area contributed by atoms with Crippen LogP contribution in [0.2, 0.25) is 5.02 Å². The third kappa shape index (κ3) is 27.1. The van der Waals surface area contributed by atoms with Gasteiger partial charge in [0.25, 0.3) is 0 Å². The molecule has 145 heavy (non-hydrogen) atoms. The van der Waals surface area contributed by atoms with Gasteiger partial charge in [0.2, 0.25) is 0 Å². The summed E-state index contributed by atoms with van der Waals surface area (Å²) in [6, 6.07) is 46.5. The van der Waals surface area contributed by atoms with Crippen LogP contribution in [-0.4, -0.2) is 138 Å².